The van der Waals surface area contributed by atoms with Crippen LogP contribution in [0.1, 0.15) is 28.8 Å². The van der Waals surface area contributed by atoms with Crippen LogP contribution in [-0.4, -0.2) is 17.2 Å². The van der Waals surface area contributed by atoms with Gasteiger partial charge in [-0.1, -0.05) is 29.4 Å². The van der Waals surface area contributed by atoms with Gasteiger partial charge in [-0.2, -0.15) is 4.98 Å². The predicted molar refractivity (Wildman–Crippen MR) is 63.7 cm³/mol. The molecule has 0 aliphatic heterocycles. The number of hydrogen-bond acceptors (Lipinski definition) is 4. The van der Waals surface area contributed by atoms with Crippen LogP contribution in [0.25, 0.3) is 0 Å². The maximum Gasteiger partial charge on any atom is 0.240 e. The van der Waals surface area contributed by atoms with Crippen molar-refractivity contribution in [3.8, 4) is 0 Å². The first-order valence-electron chi connectivity index (χ1n) is 5.90. The lowest BCUT2D eigenvalue weighted by atomic mass is 10.1. The summed E-state index contributed by atoms with van der Waals surface area (Å²) in [4.78, 5) is 4.42. The molecule has 0 spiro atoms. The molecular weight excluding hydrogens is 214 g/mol. The van der Waals surface area contributed by atoms with Crippen LogP contribution in [0.15, 0.2) is 28.8 Å². The van der Waals surface area contributed by atoms with E-state index in [0.29, 0.717) is 18.4 Å². The summed E-state index contributed by atoms with van der Waals surface area (Å²) < 4.78 is 5.19. The second-order valence-corrected chi connectivity index (χ2v) is 4.45. The van der Waals surface area contributed by atoms with E-state index in [1.54, 1.807) is 0 Å². The van der Waals surface area contributed by atoms with Crippen LogP contribution < -0.4 is 5.32 Å². The molecule has 0 saturated heterocycles. The summed E-state index contributed by atoms with van der Waals surface area (Å²) in [5, 5.41) is 7.08. The van der Waals surface area contributed by atoms with Gasteiger partial charge in [0.1, 0.15) is 0 Å². The third kappa shape index (κ3) is 1.96. The van der Waals surface area contributed by atoms with Gasteiger partial charge in [-0.05, 0) is 31.0 Å². The van der Waals surface area contributed by atoms with Gasteiger partial charge >= 0.3 is 0 Å². The molecule has 88 valence electrons. The lowest BCUT2D eigenvalue weighted by Gasteiger charge is -2.00. The third-order valence-corrected chi connectivity index (χ3v) is 3.23. The number of aromatic nitrogens is 2. The fraction of sp³-hybridized carbons (Fsp3) is 0.385. The molecule has 0 bridgehead atoms. The van der Waals surface area contributed by atoms with Crippen LogP contribution in [0, 0.1) is 0 Å². The Bertz CT molecular complexity index is 496. The number of hydrogen-bond donors (Lipinski definition) is 1. The van der Waals surface area contributed by atoms with Crippen molar-refractivity contribution in [2.45, 2.75) is 25.3 Å². The number of nitrogens with one attached hydrogen (secondary N) is 1. The standard InChI is InChI=1S/C13H15N3O/c1-14-8-12-15-13(16-17-12)11-6-9-4-2-3-5-10(9)7-11/h2-5,11,14H,6-8H2,1H3. The normalized spacial score (nSPS) is 15.1. The molecule has 0 unspecified atom stereocenters. The highest BCUT2D eigenvalue weighted by atomic mass is 16.5. The molecule has 0 amide bonds. The van der Waals surface area contributed by atoms with Crippen molar-refractivity contribution in [3.63, 3.8) is 0 Å². The zero-order chi connectivity index (χ0) is 11.7. The first kappa shape index (κ1) is 10.5. The highest BCUT2D eigenvalue weighted by molar-refractivity contribution is 5.34. The summed E-state index contributed by atoms with van der Waals surface area (Å²) in [5.41, 5.74) is 2.83. The first-order chi connectivity index (χ1) is 8.36. The van der Waals surface area contributed by atoms with Crippen molar-refractivity contribution < 1.29 is 4.52 Å². The van der Waals surface area contributed by atoms with E-state index in [1.807, 2.05) is 7.05 Å². The average molecular weight is 229 g/mol. The zero-order valence-corrected chi connectivity index (χ0v) is 9.81. The number of nitrogens with zero attached hydrogens (tertiary/aromatic N) is 2. The molecule has 0 saturated carbocycles. The van der Waals surface area contributed by atoms with E-state index in [0.717, 1.165) is 18.7 Å². The van der Waals surface area contributed by atoms with E-state index >= 15 is 0 Å². The van der Waals surface area contributed by atoms with Crippen molar-refractivity contribution in [1.29, 1.82) is 0 Å². The minimum atomic E-state index is 0.377. The first-order valence-corrected chi connectivity index (χ1v) is 5.90. The summed E-state index contributed by atoms with van der Waals surface area (Å²) in [7, 11) is 1.87. The van der Waals surface area contributed by atoms with Crippen molar-refractivity contribution >= 4 is 0 Å². The molecule has 3 rings (SSSR count). The fourth-order valence-corrected chi connectivity index (χ4v) is 2.40. The molecule has 0 fully saturated rings. The van der Waals surface area contributed by atoms with E-state index in [4.69, 9.17) is 4.52 Å². The Morgan fingerprint density at radius 2 is 2.00 bits per heavy atom. The summed E-state index contributed by atoms with van der Waals surface area (Å²) in [6.07, 6.45) is 2.05. The molecule has 1 aromatic heterocycles. The Kier molecular flexibility index (Phi) is 2.65. The smallest absolute Gasteiger partial charge is 0.240 e. The Morgan fingerprint density at radius 1 is 1.29 bits per heavy atom. The van der Waals surface area contributed by atoms with Crippen molar-refractivity contribution in [2.24, 2.45) is 0 Å². The highest BCUT2D eigenvalue weighted by Gasteiger charge is 2.26. The average Bonchev–Trinajstić information content (AvgIpc) is 2.94. The van der Waals surface area contributed by atoms with Gasteiger partial charge in [0.2, 0.25) is 5.89 Å². The van der Waals surface area contributed by atoms with Gasteiger partial charge in [0, 0.05) is 5.92 Å². The molecule has 2 aromatic rings. The van der Waals surface area contributed by atoms with E-state index in [-0.39, 0.29) is 0 Å². The lowest BCUT2D eigenvalue weighted by Crippen LogP contribution is -2.06. The predicted octanol–water partition coefficient (Wildman–Crippen LogP) is 1.67. The molecule has 4 heteroatoms. The Morgan fingerprint density at radius 3 is 2.65 bits per heavy atom. The number of fused-ring (bicyclic) bond motifs is 1. The molecule has 1 aliphatic rings. The largest absolute Gasteiger partial charge is 0.338 e. The van der Waals surface area contributed by atoms with Crippen LogP contribution in [-0.2, 0) is 19.4 Å². The molecule has 0 radical (unpaired) electrons. The van der Waals surface area contributed by atoms with E-state index in [9.17, 15) is 0 Å². The Hall–Kier alpha value is -1.68. The second-order valence-electron chi connectivity index (χ2n) is 4.45. The maximum absolute atomic E-state index is 5.19. The molecule has 1 aromatic carbocycles. The molecule has 17 heavy (non-hydrogen) atoms. The number of rotatable bonds is 3. The maximum atomic E-state index is 5.19. The lowest BCUT2D eigenvalue weighted by molar-refractivity contribution is 0.364. The van der Waals surface area contributed by atoms with Crippen molar-refractivity contribution in [1.82, 2.24) is 15.5 Å². The van der Waals surface area contributed by atoms with Gasteiger partial charge in [-0.25, -0.2) is 0 Å². The molecule has 1 heterocycles. The van der Waals surface area contributed by atoms with Crippen LogP contribution in [0.5, 0.6) is 0 Å². The van der Waals surface area contributed by atoms with Gasteiger partial charge in [0.25, 0.3) is 0 Å². The fourth-order valence-electron chi connectivity index (χ4n) is 2.40. The van der Waals surface area contributed by atoms with Gasteiger partial charge < -0.3 is 9.84 Å². The summed E-state index contributed by atoms with van der Waals surface area (Å²) >= 11 is 0. The molecule has 1 aliphatic carbocycles. The Labute approximate surface area is 100 Å². The van der Waals surface area contributed by atoms with Gasteiger partial charge in [0.05, 0.1) is 6.54 Å². The van der Waals surface area contributed by atoms with Gasteiger partial charge in [0.15, 0.2) is 5.82 Å². The third-order valence-electron chi connectivity index (χ3n) is 3.23. The van der Waals surface area contributed by atoms with Crippen LogP contribution in [0.4, 0.5) is 0 Å². The molecule has 4 nitrogen and oxygen atoms in total. The molecular formula is C13H15N3O. The minimum Gasteiger partial charge on any atom is -0.338 e. The van der Waals surface area contributed by atoms with Gasteiger partial charge in [-0.3, -0.25) is 0 Å². The van der Waals surface area contributed by atoms with Crippen LogP contribution in [0.3, 0.4) is 0 Å². The summed E-state index contributed by atoms with van der Waals surface area (Å²) in [6, 6.07) is 8.54. The number of benzene rings is 1. The summed E-state index contributed by atoms with van der Waals surface area (Å²) in [6.45, 7) is 0.632. The van der Waals surface area contributed by atoms with E-state index in [2.05, 4.69) is 39.7 Å². The van der Waals surface area contributed by atoms with Crippen LogP contribution >= 0.6 is 0 Å². The second kappa shape index (κ2) is 4.30. The molecule has 0 atom stereocenters. The van der Waals surface area contributed by atoms with Crippen molar-refractivity contribution in [2.75, 3.05) is 7.05 Å². The van der Waals surface area contributed by atoms with Gasteiger partial charge in [-0.15, -0.1) is 0 Å². The minimum absolute atomic E-state index is 0.377. The van der Waals surface area contributed by atoms with E-state index in [1.165, 1.54) is 11.1 Å². The quantitative estimate of drug-likeness (QED) is 0.869. The summed E-state index contributed by atoms with van der Waals surface area (Å²) in [5.74, 6) is 1.88. The van der Waals surface area contributed by atoms with E-state index < -0.39 is 0 Å². The monoisotopic (exact) mass is 229 g/mol. The van der Waals surface area contributed by atoms with Crippen LogP contribution in [0.2, 0.25) is 0 Å². The topological polar surface area (TPSA) is 51.0 Å². The molecule has 1 N–H and O–H groups in total. The SMILES string of the molecule is CNCc1nc(C2Cc3ccccc3C2)no1. The zero-order valence-electron chi connectivity index (χ0n) is 9.81. The highest BCUT2D eigenvalue weighted by Crippen LogP contribution is 2.32. The van der Waals surface area contributed by atoms with Crippen molar-refractivity contribution in [3.05, 3.63) is 47.1 Å². The Balaban J connectivity index is 1.79.